The fourth-order valence-corrected chi connectivity index (χ4v) is 1.90. The average Bonchev–Trinajstić information content (AvgIpc) is 2.61. The molecular formula is C16H12F3N3O3. The lowest BCUT2D eigenvalue weighted by atomic mass is 10.1. The molecule has 130 valence electrons. The van der Waals surface area contributed by atoms with Crippen molar-refractivity contribution < 1.29 is 27.8 Å². The number of rotatable bonds is 2. The summed E-state index contributed by atoms with van der Waals surface area (Å²) in [6.07, 6.45) is -0.0266. The van der Waals surface area contributed by atoms with Crippen molar-refractivity contribution in [3.63, 3.8) is 0 Å². The summed E-state index contributed by atoms with van der Waals surface area (Å²) < 4.78 is 37.0. The SMILES string of the molecule is COc1nccnc1-c1ccc2ncccc2c1.O=C(O)C(F)(F)F. The smallest absolute Gasteiger partial charge is 0.479 e. The number of methoxy groups -OCH3 is 1. The number of benzene rings is 1. The zero-order valence-electron chi connectivity index (χ0n) is 12.9. The molecule has 2 heterocycles. The average molecular weight is 351 g/mol. The Morgan fingerprint density at radius 1 is 1.08 bits per heavy atom. The zero-order valence-corrected chi connectivity index (χ0v) is 12.9. The minimum Gasteiger partial charge on any atom is -0.479 e. The molecule has 0 aliphatic rings. The van der Waals surface area contributed by atoms with E-state index in [1.54, 1.807) is 25.7 Å². The molecule has 0 fully saturated rings. The van der Waals surface area contributed by atoms with E-state index in [1.807, 2.05) is 30.3 Å². The highest BCUT2D eigenvalue weighted by molar-refractivity contribution is 5.84. The van der Waals surface area contributed by atoms with Crippen LogP contribution in [0.25, 0.3) is 22.2 Å². The monoisotopic (exact) mass is 351 g/mol. The number of alkyl halides is 3. The number of ether oxygens (including phenoxy) is 1. The van der Waals surface area contributed by atoms with Gasteiger partial charge in [0, 0.05) is 29.5 Å². The second-order valence-electron chi connectivity index (χ2n) is 4.63. The maximum absolute atomic E-state index is 10.6. The van der Waals surface area contributed by atoms with Crippen molar-refractivity contribution in [2.45, 2.75) is 6.18 Å². The Bertz CT molecular complexity index is 885. The number of aliphatic carboxylic acids is 1. The van der Waals surface area contributed by atoms with Crippen LogP contribution < -0.4 is 4.74 Å². The van der Waals surface area contributed by atoms with Gasteiger partial charge in [0.25, 0.3) is 0 Å². The van der Waals surface area contributed by atoms with Crippen LogP contribution in [0, 0.1) is 0 Å². The van der Waals surface area contributed by atoms with Crippen LogP contribution in [0.1, 0.15) is 0 Å². The van der Waals surface area contributed by atoms with Gasteiger partial charge in [0.2, 0.25) is 5.88 Å². The number of halogens is 3. The lowest BCUT2D eigenvalue weighted by Crippen LogP contribution is -2.21. The van der Waals surface area contributed by atoms with E-state index in [0.29, 0.717) is 5.88 Å². The first-order valence-corrected chi connectivity index (χ1v) is 6.83. The summed E-state index contributed by atoms with van der Waals surface area (Å²) in [5.74, 6) is -2.23. The molecule has 0 saturated heterocycles. The van der Waals surface area contributed by atoms with E-state index in [9.17, 15) is 13.2 Å². The first-order chi connectivity index (χ1) is 11.8. The topological polar surface area (TPSA) is 85.2 Å². The first-order valence-electron chi connectivity index (χ1n) is 6.83. The molecule has 9 heteroatoms. The molecule has 0 saturated carbocycles. The summed E-state index contributed by atoms with van der Waals surface area (Å²) in [6, 6.07) is 9.92. The summed E-state index contributed by atoms with van der Waals surface area (Å²) in [7, 11) is 1.59. The third kappa shape index (κ3) is 4.63. The number of carboxylic acid groups (broad SMARTS) is 1. The summed E-state index contributed by atoms with van der Waals surface area (Å²) >= 11 is 0. The van der Waals surface area contributed by atoms with E-state index >= 15 is 0 Å². The van der Waals surface area contributed by atoms with Crippen molar-refractivity contribution >= 4 is 16.9 Å². The van der Waals surface area contributed by atoms with Crippen molar-refractivity contribution in [2.75, 3.05) is 7.11 Å². The number of fused-ring (bicyclic) bond motifs is 1. The third-order valence-electron chi connectivity index (χ3n) is 2.98. The highest BCUT2D eigenvalue weighted by atomic mass is 19.4. The molecule has 3 aromatic rings. The van der Waals surface area contributed by atoms with Crippen LogP contribution in [-0.4, -0.2) is 39.3 Å². The van der Waals surface area contributed by atoms with Crippen molar-refractivity contribution in [3.8, 4) is 17.1 Å². The van der Waals surface area contributed by atoms with Gasteiger partial charge in [-0.15, -0.1) is 0 Å². The van der Waals surface area contributed by atoms with Gasteiger partial charge in [-0.3, -0.25) is 4.98 Å². The molecule has 1 aromatic carbocycles. The Kier molecular flexibility index (Phi) is 5.48. The van der Waals surface area contributed by atoms with Crippen LogP contribution in [0.4, 0.5) is 13.2 Å². The van der Waals surface area contributed by atoms with Gasteiger partial charge in [-0.2, -0.15) is 13.2 Å². The van der Waals surface area contributed by atoms with Gasteiger partial charge in [-0.1, -0.05) is 12.1 Å². The molecule has 0 radical (unpaired) electrons. The Morgan fingerprint density at radius 2 is 1.76 bits per heavy atom. The Labute approximate surface area is 139 Å². The fourth-order valence-electron chi connectivity index (χ4n) is 1.90. The number of aromatic nitrogens is 3. The van der Waals surface area contributed by atoms with E-state index in [1.165, 1.54) is 0 Å². The van der Waals surface area contributed by atoms with Gasteiger partial charge in [-0.25, -0.2) is 14.8 Å². The van der Waals surface area contributed by atoms with Crippen LogP contribution in [0.15, 0.2) is 48.9 Å². The molecule has 0 bridgehead atoms. The normalized spacial score (nSPS) is 10.7. The predicted octanol–water partition coefficient (Wildman–Crippen LogP) is 3.33. The predicted molar refractivity (Wildman–Crippen MR) is 83.0 cm³/mol. The first kappa shape index (κ1) is 18.1. The second kappa shape index (κ2) is 7.56. The summed E-state index contributed by atoms with van der Waals surface area (Å²) in [5.41, 5.74) is 2.68. The lowest BCUT2D eigenvalue weighted by Gasteiger charge is -2.06. The molecule has 0 aliphatic heterocycles. The molecule has 2 aromatic heterocycles. The Balaban J connectivity index is 0.000000277. The number of nitrogens with zero attached hydrogens (tertiary/aromatic N) is 3. The second-order valence-corrected chi connectivity index (χ2v) is 4.63. The van der Waals surface area contributed by atoms with E-state index in [0.717, 1.165) is 22.2 Å². The minimum absolute atomic E-state index is 0.528. The molecule has 0 atom stereocenters. The van der Waals surface area contributed by atoms with Crippen LogP contribution >= 0.6 is 0 Å². The van der Waals surface area contributed by atoms with Crippen molar-refractivity contribution in [1.29, 1.82) is 0 Å². The maximum Gasteiger partial charge on any atom is 0.490 e. The summed E-state index contributed by atoms with van der Waals surface area (Å²) in [6.45, 7) is 0. The van der Waals surface area contributed by atoms with E-state index in [4.69, 9.17) is 14.6 Å². The highest BCUT2D eigenvalue weighted by Gasteiger charge is 2.38. The number of carboxylic acids is 1. The fraction of sp³-hybridized carbons (Fsp3) is 0.125. The van der Waals surface area contributed by atoms with E-state index in [2.05, 4.69) is 15.0 Å². The molecule has 0 unspecified atom stereocenters. The zero-order chi connectivity index (χ0) is 18.4. The van der Waals surface area contributed by atoms with Crippen LogP contribution in [0.3, 0.4) is 0 Å². The van der Waals surface area contributed by atoms with Gasteiger partial charge in [0.1, 0.15) is 5.69 Å². The van der Waals surface area contributed by atoms with Gasteiger partial charge in [0.15, 0.2) is 0 Å². The quantitative estimate of drug-likeness (QED) is 0.762. The van der Waals surface area contributed by atoms with Crippen molar-refractivity contribution in [3.05, 3.63) is 48.9 Å². The van der Waals surface area contributed by atoms with Gasteiger partial charge >= 0.3 is 12.1 Å². The van der Waals surface area contributed by atoms with E-state index in [-0.39, 0.29) is 0 Å². The largest absolute Gasteiger partial charge is 0.490 e. The molecule has 1 N–H and O–H groups in total. The van der Waals surface area contributed by atoms with Crippen molar-refractivity contribution in [1.82, 2.24) is 15.0 Å². The lowest BCUT2D eigenvalue weighted by molar-refractivity contribution is -0.192. The van der Waals surface area contributed by atoms with Gasteiger partial charge in [-0.05, 0) is 18.2 Å². The molecule has 6 nitrogen and oxygen atoms in total. The standard InChI is InChI=1S/C14H11N3O.C2HF3O2/c1-18-14-13(16-7-8-17-14)11-4-5-12-10(9-11)3-2-6-15-12;3-2(4,5)1(6)7/h2-9H,1H3;(H,6,7). The summed E-state index contributed by atoms with van der Waals surface area (Å²) in [5, 5.41) is 8.20. The van der Waals surface area contributed by atoms with E-state index < -0.39 is 12.1 Å². The molecule has 0 aliphatic carbocycles. The molecule has 3 rings (SSSR count). The molecular weight excluding hydrogens is 339 g/mol. The van der Waals surface area contributed by atoms with Crippen LogP contribution in [0.2, 0.25) is 0 Å². The van der Waals surface area contributed by atoms with Gasteiger partial charge < -0.3 is 9.84 Å². The summed E-state index contributed by atoms with van der Waals surface area (Å²) in [4.78, 5) is 21.7. The Morgan fingerprint density at radius 3 is 2.40 bits per heavy atom. The Hall–Kier alpha value is -3.23. The molecule has 25 heavy (non-hydrogen) atoms. The number of hydrogen-bond acceptors (Lipinski definition) is 5. The number of pyridine rings is 1. The van der Waals surface area contributed by atoms with Crippen molar-refractivity contribution in [2.24, 2.45) is 0 Å². The molecule has 0 spiro atoms. The minimum atomic E-state index is -5.08. The van der Waals surface area contributed by atoms with Crippen LogP contribution in [-0.2, 0) is 4.79 Å². The van der Waals surface area contributed by atoms with Crippen LogP contribution in [0.5, 0.6) is 5.88 Å². The highest BCUT2D eigenvalue weighted by Crippen LogP contribution is 2.27. The number of carbonyl (C=O) groups is 1. The third-order valence-corrected chi connectivity index (χ3v) is 2.98. The number of hydrogen-bond donors (Lipinski definition) is 1. The van der Waals surface area contributed by atoms with Gasteiger partial charge in [0.05, 0.1) is 12.6 Å². The maximum atomic E-state index is 10.6. The molecule has 0 amide bonds.